The van der Waals surface area contributed by atoms with Crippen molar-refractivity contribution in [2.75, 3.05) is 59.1 Å². The molecule has 0 radical (unpaired) electrons. The largest absolute Gasteiger partial charge is 0.484 e. The van der Waals surface area contributed by atoms with Crippen molar-refractivity contribution in [1.82, 2.24) is 20.9 Å². The molecule has 3 N–H and O–H groups in total. The van der Waals surface area contributed by atoms with E-state index in [2.05, 4.69) is 32.8 Å². The fraction of sp³-hybridized carbons (Fsp3) is 0.636. The molecule has 1 heterocycles. The number of nitrogens with one attached hydrogen (secondary N) is 3. The number of amides is 1. The molecule has 2 fully saturated rings. The van der Waals surface area contributed by atoms with Crippen molar-refractivity contribution in [3.05, 3.63) is 29.8 Å². The molecule has 9 heteroatoms. The summed E-state index contributed by atoms with van der Waals surface area (Å²) < 4.78 is 10.9. The molecule has 1 aromatic carbocycles. The minimum absolute atomic E-state index is 0. The highest BCUT2D eigenvalue weighted by Crippen LogP contribution is 2.18. The van der Waals surface area contributed by atoms with E-state index in [1.165, 1.54) is 5.56 Å². The van der Waals surface area contributed by atoms with Gasteiger partial charge in [-0.2, -0.15) is 0 Å². The highest BCUT2D eigenvalue weighted by atomic mass is 127. The maximum atomic E-state index is 11.7. The molecule has 0 atom stereocenters. The highest BCUT2D eigenvalue weighted by Gasteiger charge is 2.23. The fourth-order valence-corrected chi connectivity index (χ4v) is 3.19. The van der Waals surface area contributed by atoms with E-state index in [0.717, 1.165) is 83.5 Å². The molecule has 0 spiro atoms. The van der Waals surface area contributed by atoms with Crippen molar-refractivity contribution in [2.24, 2.45) is 4.99 Å². The lowest BCUT2D eigenvalue weighted by molar-refractivity contribution is -0.123. The summed E-state index contributed by atoms with van der Waals surface area (Å²) in [5.74, 6) is 1.53. The Balaban J connectivity index is 0.00000341. The molecule has 174 valence electrons. The lowest BCUT2D eigenvalue weighted by Gasteiger charge is -2.25. The van der Waals surface area contributed by atoms with Crippen LogP contribution >= 0.6 is 24.0 Å². The highest BCUT2D eigenvalue weighted by molar-refractivity contribution is 14.0. The number of carbonyl (C=O) groups is 1. The Kier molecular flexibility index (Phi) is 12.0. The molecular weight excluding hydrogens is 509 g/mol. The van der Waals surface area contributed by atoms with Crippen LogP contribution in [0.4, 0.5) is 0 Å². The van der Waals surface area contributed by atoms with Crippen LogP contribution in [0.15, 0.2) is 29.3 Å². The van der Waals surface area contributed by atoms with Gasteiger partial charge in [-0.05, 0) is 43.9 Å². The van der Waals surface area contributed by atoms with Gasteiger partial charge in [0, 0.05) is 38.8 Å². The summed E-state index contributed by atoms with van der Waals surface area (Å²) in [6.45, 7) is 9.13. The normalized spacial score (nSPS) is 16.9. The molecule has 0 bridgehead atoms. The number of nitrogens with zero attached hydrogens (tertiary/aromatic N) is 2. The zero-order valence-corrected chi connectivity index (χ0v) is 20.7. The van der Waals surface area contributed by atoms with Gasteiger partial charge in [0.15, 0.2) is 12.6 Å². The molecular formula is C22H36IN5O3. The lowest BCUT2D eigenvalue weighted by Crippen LogP contribution is -2.40. The third-order valence-corrected chi connectivity index (χ3v) is 5.08. The monoisotopic (exact) mass is 545 g/mol. The standard InChI is InChI=1S/C22H35N5O3.HI/c1-2-23-22(25-11-12-27-13-15-29-16-14-27)24-10-9-18-3-7-20(8-4-18)30-17-21(28)26-19-5-6-19;/h3-4,7-8,19H,2,5-6,9-17H2,1H3,(H,26,28)(H2,23,24,25);1H. The van der Waals surface area contributed by atoms with Crippen LogP contribution in [-0.2, 0) is 16.0 Å². The number of ether oxygens (including phenoxy) is 2. The van der Waals surface area contributed by atoms with E-state index < -0.39 is 0 Å². The average Bonchev–Trinajstić information content (AvgIpc) is 3.58. The maximum absolute atomic E-state index is 11.7. The van der Waals surface area contributed by atoms with E-state index in [-0.39, 0.29) is 36.5 Å². The topological polar surface area (TPSA) is 87.2 Å². The number of morpholine rings is 1. The number of halogens is 1. The van der Waals surface area contributed by atoms with Gasteiger partial charge in [0.05, 0.1) is 19.8 Å². The van der Waals surface area contributed by atoms with Crippen LogP contribution < -0.4 is 20.7 Å². The Morgan fingerprint density at radius 2 is 1.94 bits per heavy atom. The first kappa shape index (κ1) is 25.7. The summed E-state index contributed by atoms with van der Waals surface area (Å²) >= 11 is 0. The summed E-state index contributed by atoms with van der Waals surface area (Å²) in [7, 11) is 0. The molecule has 1 saturated heterocycles. The van der Waals surface area contributed by atoms with E-state index in [4.69, 9.17) is 9.47 Å². The van der Waals surface area contributed by atoms with Crippen molar-refractivity contribution in [2.45, 2.75) is 32.2 Å². The van der Waals surface area contributed by atoms with E-state index in [1.54, 1.807) is 0 Å². The predicted molar refractivity (Wildman–Crippen MR) is 133 cm³/mol. The summed E-state index contributed by atoms with van der Waals surface area (Å²) in [4.78, 5) is 18.7. The van der Waals surface area contributed by atoms with Gasteiger partial charge in [-0.15, -0.1) is 24.0 Å². The molecule has 0 unspecified atom stereocenters. The second-order valence-corrected chi connectivity index (χ2v) is 7.67. The number of guanidine groups is 1. The summed E-state index contributed by atoms with van der Waals surface area (Å²) in [5, 5.41) is 9.62. The fourth-order valence-electron chi connectivity index (χ4n) is 3.19. The molecule has 31 heavy (non-hydrogen) atoms. The molecule has 3 rings (SSSR count). The molecule has 2 aliphatic rings. The Morgan fingerprint density at radius 1 is 1.19 bits per heavy atom. The van der Waals surface area contributed by atoms with Gasteiger partial charge in [0.2, 0.25) is 0 Å². The van der Waals surface area contributed by atoms with Gasteiger partial charge >= 0.3 is 0 Å². The quantitative estimate of drug-likeness (QED) is 0.222. The predicted octanol–water partition coefficient (Wildman–Crippen LogP) is 1.39. The second-order valence-electron chi connectivity index (χ2n) is 7.67. The summed E-state index contributed by atoms with van der Waals surface area (Å²) in [6, 6.07) is 8.28. The molecule has 1 aliphatic carbocycles. The van der Waals surface area contributed by atoms with Crippen molar-refractivity contribution >= 4 is 35.8 Å². The van der Waals surface area contributed by atoms with Crippen LogP contribution in [-0.4, -0.2) is 81.9 Å². The average molecular weight is 545 g/mol. The van der Waals surface area contributed by atoms with Crippen molar-refractivity contribution < 1.29 is 14.3 Å². The third kappa shape index (κ3) is 10.5. The van der Waals surface area contributed by atoms with Gasteiger partial charge in [-0.1, -0.05) is 12.1 Å². The molecule has 0 aromatic heterocycles. The zero-order chi connectivity index (χ0) is 21.0. The Bertz CT molecular complexity index is 676. The first-order valence-corrected chi connectivity index (χ1v) is 11.1. The number of rotatable bonds is 11. The van der Waals surface area contributed by atoms with Crippen molar-refractivity contribution in [1.29, 1.82) is 0 Å². The van der Waals surface area contributed by atoms with Gasteiger partial charge in [0.1, 0.15) is 5.75 Å². The van der Waals surface area contributed by atoms with Gasteiger partial charge < -0.3 is 25.4 Å². The van der Waals surface area contributed by atoms with Crippen LogP contribution in [0.5, 0.6) is 5.75 Å². The minimum Gasteiger partial charge on any atom is -0.484 e. The first-order chi connectivity index (χ1) is 14.7. The molecule has 1 aliphatic heterocycles. The molecule has 1 aromatic rings. The summed E-state index contributed by atoms with van der Waals surface area (Å²) in [6.07, 6.45) is 3.06. The molecule has 1 amide bonds. The number of aliphatic imine (C=N–C) groups is 1. The lowest BCUT2D eigenvalue weighted by atomic mass is 10.1. The van der Waals surface area contributed by atoms with Crippen LogP contribution in [0, 0.1) is 0 Å². The van der Waals surface area contributed by atoms with E-state index in [1.807, 2.05) is 24.3 Å². The van der Waals surface area contributed by atoms with Crippen LogP contribution in [0.3, 0.4) is 0 Å². The van der Waals surface area contributed by atoms with Crippen LogP contribution in [0.25, 0.3) is 0 Å². The van der Waals surface area contributed by atoms with Crippen molar-refractivity contribution in [3.63, 3.8) is 0 Å². The summed E-state index contributed by atoms with van der Waals surface area (Å²) in [5.41, 5.74) is 1.21. The Morgan fingerprint density at radius 3 is 2.61 bits per heavy atom. The van der Waals surface area contributed by atoms with Crippen LogP contribution in [0.2, 0.25) is 0 Å². The van der Waals surface area contributed by atoms with E-state index in [9.17, 15) is 4.79 Å². The van der Waals surface area contributed by atoms with Crippen molar-refractivity contribution in [3.8, 4) is 5.75 Å². The number of benzene rings is 1. The Labute approximate surface area is 202 Å². The zero-order valence-electron chi connectivity index (χ0n) is 18.4. The minimum atomic E-state index is -0.0466. The number of hydrogen-bond acceptors (Lipinski definition) is 5. The van der Waals surface area contributed by atoms with Gasteiger partial charge in [-0.25, -0.2) is 0 Å². The van der Waals surface area contributed by atoms with Crippen LogP contribution in [0.1, 0.15) is 25.3 Å². The van der Waals surface area contributed by atoms with Gasteiger partial charge in [0.25, 0.3) is 5.91 Å². The van der Waals surface area contributed by atoms with E-state index in [0.29, 0.717) is 6.04 Å². The molecule has 8 nitrogen and oxygen atoms in total. The smallest absolute Gasteiger partial charge is 0.258 e. The SMILES string of the molecule is CCNC(=NCCN1CCOCC1)NCCc1ccc(OCC(=O)NC2CC2)cc1.I. The third-order valence-electron chi connectivity index (χ3n) is 5.08. The molecule has 1 saturated carbocycles. The maximum Gasteiger partial charge on any atom is 0.258 e. The van der Waals surface area contributed by atoms with Gasteiger partial charge in [-0.3, -0.25) is 14.7 Å². The Hall–Kier alpha value is -1.59. The number of carbonyl (C=O) groups excluding carboxylic acids is 1. The number of hydrogen-bond donors (Lipinski definition) is 3. The first-order valence-electron chi connectivity index (χ1n) is 11.1. The van der Waals surface area contributed by atoms with E-state index >= 15 is 0 Å². The second kappa shape index (κ2) is 14.5.